The summed E-state index contributed by atoms with van der Waals surface area (Å²) in [5.41, 5.74) is 4.71. The van der Waals surface area contributed by atoms with Crippen LogP contribution < -0.4 is 16.2 Å². The maximum atomic E-state index is 11.8. The SMILES string of the molecule is CCNC(=NCc1cccc(C)c1)NCc1ccc(Cn2ccccc2=O)cc1. The average Bonchev–Trinajstić information content (AvgIpc) is 2.73. The Bertz CT molecular complexity index is 1010. The predicted molar refractivity (Wildman–Crippen MR) is 119 cm³/mol. The molecule has 2 N–H and O–H groups in total. The van der Waals surface area contributed by atoms with Crippen LogP contribution in [0.2, 0.25) is 0 Å². The molecule has 0 unspecified atom stereocenters. The molecule has 0 saturated carbocycles. The zero-order valence-corrected chi connectivity index (χ0v) is 17.1. The molecule has 0 amide bonds. The predicted octanol–water partition coefficient (Wildman–Crippen LogP) is 3.46. The Balaban J connectivity index is 1.58. The van der Waals surface area contributed by atoms with E-state index < -0.39 is 0 Å². The molecule has 0 aliphatic rings. The number of rotatable bonds is 7. The smallest absolute Gasteiger partial charge is 0.250 e. The van der Waals surface area contributed by atoms with E-state index in [4.69, 9.17) is 0 Å². The molecule has 0 radical (unpaired) electrons. The Kier molecular flexibility index (Phi) is 7.22. The lowest BCUT2D eigenvalue weighted by molar-refractivity contribution is 0.758. The van der Waals surface area contributed by atoms with E-state index in [0.717, 1.165) is 23.6 Å². The first-order chi connectivity index (χ1) is 14.1. The Morgan fingerprint density at radius 3 is 2.45 bits per heavy atom. The molecule has 3 aromatic rings. The fourth-order valence-electron chi connectivity index (χ4n) is 3.06. The fourth-order valence-corrected chi connectivity index (χ4v) is 3.06. The molecule has 2 aromatic carbocycles. The van der Waals surface area contributed by atoms with Gasteiger partial charge in [-0.2, -0.15) is 0 Å². The van der Waals surface area contributed by atoms with E-state index in [1.165, 1.54) is 11.1 Å². The van der Waals surface area contributed by atoms with Crippen LogP contribution in [0.5, 0.6) is 0 Å². The minimum atomic E-state index is 0.0124. The second-order valence-corrected chi connectivity index (χ2v) is 7.02. The summed E-state index contributed by atoms with van der Waals surface area (Å²) >= 11 is 0. The largest absolute Gasteiger partial charge is 0.357 e. The Morgan fingerprint density at radius 2 is 1.72 bits per heavy atom. The molecule has 0 bridgehead atoms. The van der Waals surface area contributed by atoms with Gasteiger partial charge in [0.2, 0.25) is 0 Å². The summed E-state index contributed by atoms with van der Waals surface area (Å²) in [6.07, 6.45) is 1.81. The van der Waals surface area contributed by atoms with Gasteiger partial charge in [0.15, 0.2) is 5.96 Å². The van der Waals surface area contributed by atoms with Crippen LogP contribution in [0, 0.1) is 6.92 Å². The quantitative estimate of drug-likeness (QED) is 0.481. The lowest BCUT2D eigenvalue weighted by Gasteiger charge is -2.12. The van der Waals surface area contributed by atoms with E-state index in [-0.39, 0.29) is 5.56 Å². The van der Waals surface area contributed by atoms with Gasteiger partial charge in [0.05, 0.1) is 13.1 Å². The van der Waals surface area contributed by atoms with Crippen LogP contribution in [0.15, 0.2) is 82.7 Å². The van der Waals surface area contributed by atoms with E-state index >= 15 is 0 Å². The van der Waals surface area contributed by atoms with Crippen molar-refractivity contribution < 1.29 is 0 Å². The molecule has 0 saturated heterocycles. The molecule has 5 heteroatoms. The maximum Gasteiger partial charge on any atom is 0.250 e. The lowest BCUT2D eigenvalue weighted by Crippen LogP contribution is -2.36. The molecule has 0 atom stereocenters. The molecule has 0 aliphatic heterocycles. The summed E-state index contributed by atoms with van der Waals surface area (Å²) in [4.78, 5) is 16.5. The van der Waals surface area contributed by atoms with E-state index in [1.807, 2.05) is 12.3 Å². The van der Waals surface area contributed by atoms with Crippen molar-refractivity contribution in [3.63, 3.8) is 0 Å². The summed E-state index contributed by atoms with van der Waals surface area (Å²) in [5, 5.41) is 6.67. The number of pyridine rings is 1. The minimum Gasteiger partial charge on any atom is -0.357 e. The third-order valence-electron chi connectivity index (χ3n) is 4.58. The van der Waals surface area contributed by atoms with Crippen molar-refractivity contribution in [1.29, 1.82) is 0 Å². The molecule has 1 aromatic heterocycles. The molecule has 150 valence electrons. The lowest BCUT2D eigenvalue weighted by atomic mass is 10.1. The third kappa shape index (κ3) is 6.35. The second kappa shape index (κ2) is 10.3. The van der Waals surface area contributed by atoms with Crippen molar-refractivity contribution >= 4 is 5.96 Å². The van der Waals surface area contributed by atoms with Crippen LogP contribution in [0.4, 0.5) is 0 Å². The first-order valence-corrected chi connectivity index (χ1v) is 9.95. The van der Waals surface area contributed by atoms with Gasteiger partial charge < -0.3 is 15.2 Å². The summed E-state index contributed by atoms with van der Waals surface area (Å²) in [7, 11) is 0. The number of hydrogen-bond donors (Lipinski definition) is 2. The van der Waals surface area contributed by atoms with Crippen molar-refractivity contribution in [2.45, 2.75) is 33.5 Å². The Morgan fingerprint density at radius 1 is 0.931 bits per heavy atom. The molecule has 0 spiro atoms. The normalized spacial score (nSPS) is 11.3. The Labute approximate surface area is 172 Å². The van der Waals surface area contributed by atoms with Crippen molar-refractivity contribution in [1.82, 2.24) is 15.2 Å². The molecule has 29 heavy (non-hydrogen) atoms. The van der Waals surface area contributed by atoms with Gasteiger partial charge in [-0.15, -0.1) is 0 Å². The van der Waals surface area contributed by atoms with Gasteiger partial charge >= 0.3 is 0 Å². The molecule has 1 heterocycles. The highest BCUT2D eigenvalue weighted by Crippen LogP contribution is 2.07. The van der Waals surface area contributed by atoms with Crippen molar-refractivity contribution in [2.24, 2.45) is 4.99 Å². The van der Waals surface area contributed by atoms with Gasteiger partial charge in [-0.05, 0) is 36.6 Å². The van der Waals surface area contributed by atoms with Gasteiger partial charge in [0, 0.05) is 25.4 Å². The summed E-state index contributed by atoms with van der Waals surface area (Å²) in [5.74, 6) is 0.800. The van der Waals surface area contributed by atoms with Crippen LogP contribution in [0.1, 0.15) is 29.2 Å². The number of aliphatic imine (C=N–C) groups is 1. The monoisotopic (exact) mass is 388 g/mol. The van der Waals surface area contributed by atoms with Crippen LogP contribution >= 0.6 is 0 Å². The molecular formula is C24H28N4O. The fraction of sp³-hybridized carbons (Fsp3) is 0.250. The van der Waals surface area contributed by atoms with Gasteiger partial charge in [0.25, 0.3) is 5.56 Å². The highest BCUT2D eigenvalue weighted by molar-refractivity contribution is 5.79. The third-order valence-corrected chi connectivity index (χ3v) is 4.58. The first kappa shape index (κ1) is 20.4. The zero-order chi connectivity index (χ0) is 20.5. The van der Waals surface area contributed by atoms with Crippen LogP contribution in [0.3, 0.4) is 0 Å². The summed E-state index contributed by atoms with van der Waals surface area (Å²) in [6, 6.07) is 21.9. The molecule has 0 aliphatic carbocycles. The number of hydrogen-bond acceptors (Lipinski definition) is 2. The average molecular weight is 389 g/mol. The van der Waals surface area contributed by atoms with Gasteiger partial charge in [-0.3, -0.25) is 4.79 Å². The number of aryl methyl sites for hydroxylation is 1. The number of guanidine groups is 1. The molecule has 0 fully saturated rings. The van der Waals surface area contributed by atoms with Gasteiger partial charge in [0.1, 0.15) is 0 Å². The van der Waals surface area contributed by atoms with Crippen LogP contribution in [-0.4, -0.2) is 17.1 Å². The van der Waals surface area contributed by atoms with Gasteiger partial charge in [-0.25, -0.2) is 4.99 Å². The van der Waals surface area contributed by atoms with E-state index in [1.54, 1.807) is 16.7 Å². The minimum absolute atomic E-state index is 0.0124. The number of nitrogens with zero attached hydrogens (tertiary/aromatic N) is 2. The zero-order valence-electron chi connectivity index (χ0n) is 17.1. The van der Waals surface area contributed by atoms with E-state index in [0.29, 0.717) is 19.6 Å². The molecular weight excluding hydrogens is 360 g/mol. The molecule has 5 nitrogen and oxygen atoms in total. The topological polar surface area (TPSA) is 58.4 Å². The highest BCUT2D eigenvalue weighted by Gasteiger charge is 2.01. The standard InChI is InChI=1S/C24H28N4O/c1-3-25-24(27-17-22-8-6-7-19(2)15-22)26-16-20-10-12-21(13-11-20)18-28-14-5-4-9-23(28)29/h4-15H,3,16-18H2,1-2H3,(H2,25,26,27). The van der Waals surface area contributed by atoms with Crippen LogP contribution in [-0.2, 0) is 19.6 Å². The number of benzene rings is 2. The van der Waals surface area contributed by atoms with Crippen molar-refractivity contribution in [2.75, 3.05) is 6.54 Å². The molecule has 3 rings (SSSR count). The highest BCUT2D eigenvalue weighted by atomic mass is 16.1. The number of aromatic nitrogens is 1. The first-order valence-electron chi connectivity index (χ1n) is 9.95. The summed E-state index contributed by atoms with van der Waals surface area (Å²) in [6.45, 7) is 6.87. The van der Waals surface area contributed by atoms with Crippen molar-refractivity contribution in [3.05, 3.63) is 106 Å². The van der Waals surface area contributed by atoms with E-state index in [2.05, 4.69) is 78.0 Å². The van der Waals surface area contributed by atoms with Crippen LogP contribution in [0.25, 0.3) is 0 Å². The van der Waals surface area contributed by atoms with E-state index in [9.17, 15) is 4.79 Å². The Hall–Kier alpha value is -3.34. The summed E-state index contributed by atoms with van der Waals surface area (Å²) < 4.78 is 1.70. The number of nitrogens with one attached hydrogen (secondary N) is 2. The van der Waals surface area contributed by atoms with Gasteiger partial charge in [-0.1, -0.05) is 60.2 Å². The van der Waals surface area contributed by atoms with Crippen molar-refractivity contribution in [3.8, 4) is 0 Å². The maximum absolute atomic E-state index is 11.8. The second-order valence-electron chi connectivity index (χ2n) is 7.02.